The van der Waals surface area contributed by atoms with Gasteiger partial charge in [-0.1, -0.05) is 26.0 Å². The van der Waals surface area contributed by atoms with Gasteiger partial charge in [0, 0.05) is 31.5 Å². The standard InChI is InChI=1S/C20H24FN3O2S/c1-4-12-23(13-5-2)19(26)11-10-16-14-27-20(22-16)24(15(3)25)18-9-7-6-8-17(18)21/h6-11,14H,4-5,12-13H2,1-3H3/b11-10+. The molecule has 2 amide bonds. The second-order valence-corrected chi connectivity index (χ2v) is 6.86. The van der Waals surface area contributed by atoms with Crippen molar-refractivity contribution in [2.45, 2.75) is 33.6 Å². The summed E-state index contributed by atoms with van der Waals surface area (Å²) in [5, 5.41) is 2.10. The van der Waals surface area contributed by atoms with Gasteiger partial charge in [0.2, 0.25) is 11.8 Å². The Bertz CT molecular complexity index is 813. The van der Waals surface area contributed by atoms with Crippen molar-refractivity contribution in [3.05, 3.63) is 47.2 Å². The quantitative estimate of drug-likeness (QED) is 0.619. The smallest absolute Gasteiger partial charge is 0.246 e. The Morgan fingerprint density at radius 1 is 1.19 bits per heavy atom. The Morgan fingerprint density at radius 3 is 2.44 bits per heavy atom. The molecule has 0 radical (unpaired) electrons. The van der Waals surface area contributed by atoms with E-state index in [-0.39, 0.29) is 17.5 Å². The van der Waals surface area contributed by atoms with Crippen LogP contribution in [0.25, 0.3) is 6.08 Å². The number of carbonyl (C=O) groups excluding carboxylic acids is 2. The highest BCUT2D eigenvalue weighted by Crippen LogP contribution is 2.30. The molecule has 0 unspecified atom stereocenters. The van der Waals surface area contributed by atoms with E-state index in [1.165, 1.54) is 41.4 Å². The monoisotopic (exact) mass is 389 g/mol. The fourth-order valence-electron chi connectivity index (χ4n) is 2.63. The summed E-state index contributed by atoms with van der Waals surface area (Å²) in [6, 6.07) is 6.06. The number of carbonyl (C=O) groups is 2. The van der Waals surface area contributed by atoms with E-state index in [4.69, 9.17) is 0 Å². The molecule has 2 rings (SSSR count). The molecule has 7 heteroatoms. The number of benzene rings is 1. The first-order valence-corrected chi connectivity index (χ1v) is 9.83. The largest absolute Gasteiger partial charge is 0.339 e. The minimum absolute atomic E-state index is 0.0641. The third-order valence-electron chi connectivity index (χ3n) is 3.80. The SMILES string of the molecule is CCCN(CCC)C(=O)/C=C/c1csc(N(C(C)=O)c2ccccc2F)n1. The van der Waals surface area contributed by atoms with E-state index in [1.807, 2.05) is 13.8 Å². The third-order valence-corrected chi connectivity index (χ3v) is 4.65. The molecule has 0 bridgehead atoms. The summed E-state index contributed by atoms with van der Waals surface area (Å²) in [4.78, 5) is 31.8. The Kier molecular flexibility index (Phi) is 7.67. The summed E-state index contributed by atoms with van der Waals surface area (Å²) < 4.78 is 14.1. The van der Waals surface area contributed by atoms with Gasteiger partial charge in [0.05, 0.1) is 11.4 Å². The number of anilines is 2. The highest BCUT2D eigenvalue weighted by Gasteiger charge is 2.20. The van der Waals surface area contributed by atoms with E-state index < -0.39 is 5.82 Å². The molecule has 1 aromatic carbocycles. The van der Waals surface area contributed by atoms with Crippen LogP contribution in [0.3, 0.4) is 0 Å². The minimum Gasteiger partial charge on any atom is -0.339 e. The van der Waals surface area contributed by atoms with Crippen molar-refractivity contribution in [1.82, 2.24) is 9.88 Å². The van der Waals surface area contributed by atoms with E-state index in [0.29, 0.717) is 23.9 Å². The number of amides is 2. The molecule has 0 N–H and O–H groups in total. The molecule has 144 valence electrons. The predicted molar refractivity (Wildman–Crippen MR) is 108 cm³/mol. The fourth-order valence-corrected chi connectivity index (χ4v) is 3.48. The van der Waals surface area contributed by atoms with E-state index in [9.17, 15) is 14.0 Å². The number of hydrogen-bond acceptors (Lipinski definition) is 4. The maximum atomic E-state index is 14.1. The molecule has 0 fully saturated rings. The van der Waals surface area contributed by atoms with Gasteiger partial charge in [0.15, 0.2) is 5.13 Å². The average molecular weight is 389 g/mol. The van der Waals surface area contributed by atoms with Crippen molar-refractivity contribution < 1.29 is 14.0 Å². The van der Waals surface area contributed by atoms with Crippen LogP contribution in [-0.4, -0.2) is 34.8 Å². The van der Waals surface area contributed by atoms with Gasteiger partial charge < -0.3 is 4.90 Å². The first-order chi connectivity index (χ1) is 13.0. The lowest BCUT2D eigenvalue weighted by molar-refractivity contribution is -0.126. The molecule has 0 aliphatic carbocycles. The second-order valence-electron chi connectivity index (χ2n) is 6.02. The summed E-state index contributed by atoms with van der Waals surface area (Å²) in [6.45, 7) is 6.85. The van der Waals surface area contributed by atoms with Crippen LogP contribution in [0, 0.1) is 5.82 Å². The summed E-state index contributed by atoms with van der Waals surface area (Å²) in [7, 11) is 0. The van der Waals surface area contributed by atoms with Crippen LogP contribution in [0.15, 0.2) is 35.7 Å². The van der Waals surface area contributed by atoms with Crippen LogP contribution in [0.2, 0.25) is 0 Å². The van der Waals surface area contributed by atoms with E-state index >= 15 is 0 Å². The maximum absolute atomic E-state index is 14.1. The number of hydrogen-bond donors (Lipinski definition) is 0. The molecule has 5 nitrogen and oxygen atoms in total. The zero-order chi connectivity index (χ0) is 19.8. The molecule has 2 aromatic rings. The van der Waals surface area contributed by atoms with Crippen molar-refractivity contribution in [3.63, 3.8) is 0 Å². The van der Waals surface area contributed by atoms with Crippen LogP contribution >= 0.6 is 11.3 Å². The zero-order valence-corrected chi connectivity index (χ0v) is 16.6. The molecule has 27 heavy (non-hydrogen) atoms. The Morgan fingerprint density at radius 2 is 1.85 bits per heavy atom. The predicted octanol–water partition coefficient (Wildman–Crippen LogP) is 4.63. The highest BCUT2D eigenvalue weighted by molar-refractivity contribution is 7.14. The van der Waals surface area contributed by atoms with Gasteiger partial charge in [-0.2, -0.15) is 0 Å². The number of aromatic nitrogens is 1. The fraction of sp³-hybridized carbons (Fsp3) is 0.350. The number of para-hydroxylation sites is 1. The lowest BCUT2D eigenvalue weighted by atomic mass is 10.3. The maximum Gasteiger partial charge on any atom is 0.246 e. The van der Waals surface area contributed by atoms with E-state index in [2.05, 4.69) is 4.98 Å². The molecule has 0 spiro atoms. The van der Waals surface area contributed by atoms with Crippen molar-refractivity contribution in [2.75, 3.05) is 18.0 Å². The van der Waals surface area contributed by atoms with Crippen molar-refractivity contribution in [1.29, 1.82) is 0 Å². The molecule has 0 saturated carbocycles. The van der Waals surface area contributed by atoms with Crippen molar-refractivity contribution >= 4 is 40.0 Å². The Balaban J connectivity index is 2.20. The molecule has 0 saturated heterocycles. The second kappa shape index (κ2) is 9.97. The topological polar surface area (TPSA) is 53.5 Å². The van der Waals surface area contributed by atoms with Gasteiger partial charge in [-0.05, 0) is 31.1 Å². The number of nitrogens with zero attached hydrogens (tertiary/aromatic N) is 3. The number of thiazole rings is 1. The molecule has 1 aromatic heterocycles. The average Bonchev–Trinajstić information content (AvgIpc) is 3.09. The third kappa shape index (κ3) is 5.47. The van der Waals surface area contributed by atoms with Crippen LogP contribution in [0.5, 0.6) is 0 Å². The number of rotatable bonds is 8. The van der Waals surface area contributed by atoms with Crippen LogP contribution in [-0.2, 0) is 9.59 Å². The lowest BCUT2D eigenvalue weighted by Gasteiger charge is -2.19. The van der Waals surface area contributed by atoms with Gasteiger partial charge in [0.1, 0.15) is 5.82 Å². The Labute approximate surface area is 163 Å². The molecule has 0 aliphatic heterocycles. The van der Waals surface area contributed by atoms with Gasteiger partial charge in [-0.25, -0.2) is 9.37 Å². The van der Waals surface area contributed by atoms with E-state index in [0.717, 1.165) is 12.8 Å². The summed E-state index contributed by atoms with van der Waals surface area (Å²) >= 11 is 1.22. The first-order valence-electron chi connectivity index (χ1n) is 8.95. The van der Waals surface area contributed by atoms with Crippen LogP contribution in [0.4, 0.5) is 15.2 Å². The Hall–Kier alpha value is -2.54. The van der Waals surface area contributed by atoms with Gasteiger partial charge >= 0.3 is 0 Å². The number of halogens is 1. The zero-order valence-electron chi connectivity index (χ0n) is 15.8. The summed E-state index contributed by atoms with van der Waals surface area (Å²) in [6.07, 6.45) is 4.92. The molecular weight excluding hydrogens is 365 g/mol. The van der Waals surface area contributed by atoms with Gasteiger partial charge in [0.25, 0.3) is 0 Å². The van der Waals surface area contributed by atoms with Crippen LogP contribution < -0.4 is 4.90 Å². The molecular formula is C20H24FN3O2S. The summed E-state index contributed by atoms with van der Waals surface area (Å²) in [5.74, 6) is -0.895. The van der Waals surface area contributed by atoms with Gasteiger partial charge in [-0.3, -0.25) is 14.5 Å². The lowest BCUT2D eigenvalue weighted by Crippen LogP contribution is -2.30. The normalized spacial score (nSPS) is 11.0. The molecule has 0 aliphatic rings. The van der Waals surface area contributed by atoms with Crippen LogP contribution in [0.1, 0.15) is 39.3 Å². The first kappa shape index (κ1) is 20.8. The van der Waals surface area contributed by atoms with Crippen molar-refractivity contribution in [2.24, 2.45) is 0 Å². The molecule has 0 atom stereocenters. The van der Waals surface area contributed by atoms with Crippen molar-refractivity contribution in [3.8, 4) is 0 Å². The summed E-state index contributed by atoms with van der Waals surface area (Å²) in [5.41, 5.74) is 0.710. The minimum atomic E-state index is -0.495. The molecule has 1 heterocycles. The van der Waals surface area contributed by atoms with Gasteiger partial charge in [-0.15, -0.1) is 11.3 Å². The van der Waals surface area contributed by atoms with E-state index in [1.54, 1.807) is 28.5 Å². The highest BCUT2D eigenvalue weighted by atomic mass is 32.1.